The highest BCUT2D eigenvalue weighted by Gasteiger charge is 2.24. The highest BCUT2D eigenvalue weighted by molar-refractivity contribution is 14.0. The fraction of sp³-hybridized carbons (Fsp3) is 0.500. The Hall–Kier alpha value is -1.72. The second-order valence-corrected chi connectivity index (χ2v) is 8.55. The normalized spacial score (nSPS) is 15.7. The molecule has 0 radical (unpaired) electrons. The third kappa shape index (κ3) is 6.39. The molecule has 3 aromatic heterocycles. The number of pyridine rings is 1. The molecule has 1 aliphatic rings. The van der Waals surface area contributed by atoms with Gasteiger partial charge >= 0.3 is 0 Å². The molecule has 168 valence electrons. The topological polar surface area (TPSA) is 69.8 Å². The van der Waals surface area contributed by atoms with Gasteiger partial charge in [0, 0.05) is 30.6 Å². The second kappa shape index (κ2) is 12.4. The predicted molar refractivity (Wildman–Crippen MR) is 139 cm³/mol. The third-order valence-electron chi connectivity index (χ3n) is 5.47. The molecule has 0 spiro atoms. The lowest BCUT2D eigenvalue weighted by atomic mass is 10.2. The number of guanidine groups is 1. The van der Waals surface area contributed by atoms with E-state index >= 15 is 0 Å². The lowest BCUT2D eigenvalue weighted by Crippen LogP contribution is -2.39. The van der Waals surface area contributed by atoms with Crippen molar-refractivity contribution in [2.45, 2.75) is 38.6 Å². The minimum Gasteiger partial charge on any atom is -0.357 e. The van der Waals surface area contributed by atoms with Gasteiger partial charge in [-0.2, -0.15) is 0 Å². The number of rotatable bonds is 9. The molecule has 1 atom stereocenters. The van der Waals surface area contributed by atoms with Gasteiger partial charge < -0.3 is 10.6 Å². The Morgan fingerprint density at radius 3 is 2.81 bits per heavy atom. The Kier molecular flexibility index (Phi) is 9.54. The van der Waals surface area contributed by atoms with Crippen LogP contribution in [0.3, 0.4) is 0 Å². The maximum Gasteiger partial charge on any atom is 0.191 e. The maximum absolute atomic E-state index is 4.93. The first kappa shape index (κ1) is 23.9. The summed E-state index contributed by atoms with van der Waals surface area (Å²) in [7, 11) is 0. The summed E-state index contributed by atoms with van der Waals surface area (Å²) in [6.45, 7) is 6.94. The average molecular weight is 554 g/mol. The number of thiophene rings is 1. The molecule has 4 rings (SSSR count). The number of nitrogens with zero attached hydrogens (tertiary/aromatic N) is 5. The van der Waals surface area contributed by atoms with E-state index in [-0.39, 0.29) is 24.0 Å². The first-order chi connectivity index (χ1) is 14.8. The quantitative estimate of drug-likeness (QED) is 0.183. The number of likely N-dealkylation sites (tertiary alicyclic amines) is 1. The van der Waals surface area contributed by atoms with E-state index in [4.69, 9.17) is 4.99 Å². The van der Waals surface area contributed by atoms with Crippen LogP contribution >= 0.6 is 35.3 Å². The molecule has 7 nitrogen and oxygen atoms in total. The highest BCUT2D eigenvalue weighted by atomic mass is 127. The molecule has 31 heavy (non-hydrogen) atoms. The van der Waals surface area contributed by atoms with Crippen molar-refractivity contribution in [1.29, 1.82) is 0 Å². The molecule has 1 saturated heterocycles. The van der Waals surface area contributed by atoms with Gasteiger partial charge in [-0.25, -0.2) is 0 Å². The zero-order chi connectivity index (χ0) is 20.6. The molecular formula is C22H32IN7S. The van der Waals surface area contributed by atoms with Crippen LogP contribution in [0.5, 0.6) is 0 Å². The molecule has 4 heterocycles. The first-order valence-corrected chi connectivity index (χ1v) is 11.8. The SMILES string of the molecule is CCNC(=NCC(c1cccs1)N1CCCC1)NCCCc1nnc2ccccn12.I. The monoisotopic (exact) mass is 553 g/mol. The van der Waals surface area contributed by atoms with E-state index in [1.54, 1.807) is 0 Å². The summed E-state index contributed by atoms with van der Waals surface area (Å²) in [5.74, 6) is 1.89. The summed E-state index contributed by atoms with van der Waals surface area (Å²) in [6.07, 6.45) is 6.46. The largest absolute Gasteiger partial charge is 0.357 e. The van der Waals surface area contributed by atoms with Crippen molar-refractivity contribution in [1.82, 2.24) is 30.1 Å². The van der Waals surface area contributed by atoms with Crippen molar-refractivity contribution in [3.8, 4) is 0 Å². The van der Waals surface area contributed by atoms with E-state index in [2.05, 4.69) is 54.6 Å². The Labute approximate surface area is 205 Å². The minimum atomic E-state index is 0. The lowest BCUT2D eigenvalue weighted by Gasteiger charge is -2.25. The van der Waals surface area contributed by atoms with Crippen LogP contribution in [0.15, 0.2) is 46.9 Å². The van der Waals surface area contributed by atoms with Gasteiger partial charge in [0.25, 0.3) is 0 Å². The van der Waals surface area contributed by atoms with Crippen LogP contribution in [0, 0.1) is 0 Å². The standard InChI is InChI=1S/C22H31N7S.HI/c1-2-23-22(24-12-7-11-21-27-26-20-10-3-4-15-29(20)21)25-17-18(19-9-8-16-30-19)28-13-5-6-14-28;/h3-4,8-10,15-16,18H,2,5-7,11-14,17H2,1H3,(H2,23,24,25);1H. The number of aromatic nitrogens is 3. The van der Waals surface area contributed by atoms with Crippen LogP contribution in [0.4, 0.5) is 0 Å². The van der Waals surface area contributed by atoms with E-state index < -0.39 is 0 Å². The van der Waals surface area contributed by atoms with Crippen molar-refractivity contribution >= 4 is 46.9 Å². The van der Waals surface area contributed by atoms with Crippen molar-refractivity contribution in [2.75, 3.05) is 32.7 Å². The molecular weight excluding hydrogens is 521 g/mol. The van der Waals surface area contributed by atoms with Crippen LogP contribution < -0.4 is 10.6 Å². The number of hydrogen-bond acceptors (Lipinski definition) is 5. The Balaban J connectivity index is 0.00000272. The van der Waals surface area contributed by atoms with Gasteiger partial charge in [-0.15, -0.1) is 45.5 Å². The molecule has 0 saturated carbocycles. The van der Waals surface area contributed by atoms with Crippen LogP contribution in [0.25, 0.3) is 5.65 Å². The van der Waals surface area contributed by atoms with Gasteiger partial charge in [-0.05, 0) is 62.9 Å². The Morgan fingerprint density at radius 2 is 2.03 bits per heavy atom. The molecule has 0 aromatic carbocycles. The molecule has 0 aliphatic carbocycles. The number of halogens is 1. The number of aryl methyl sites for hydroxylation is 1. The fourth-order valence-electron chi connectivity index (χ4n) is 3.95. The van der Waals surface area contributed by atoms with E-state index in [1.165, 1.54) is 30.8 Å². The fourth-order valence-corrected chi connectivity index (χ4v) is 4.81. The van der Waals surface area contributed by atoms with Gasteiger partial charge in [0.1, 0.15) is 5.82 Å². The minimum absolute atomic E-state index is 0. The van der Waals surface area contributed by atoms with Gasteiger partial charge in [0.15, 0.2) is 11.6 Å². The lowest BCUT2D eigenvalue weighted by molar-refractivity contribution is 0.255. The van der Waals surface area contributed by atoms with E-state index in [0.717, 1.165) is 49.9 Å². The van der Waals surface area contributed by atoms with Crippen LogP contribution in [0.2, 0.25) is 0 Å². The number of fused-ring (bicyclic) bond motifs is 1. The Morgan fingerprint density at radius 1 is 1.16 bits per heavy atom. The molecule has 9 heteroatoms. The maximum atomic E-state index is 4.93. The molecule has 0 amide bonds. The summed E-state index contributed by atoms with van der Waals surface area (Å²) >= 11 is 1.84. The van der Waals surface area contributed by atoms with Crippen LogP contribution in [-0.2, 0) is 6.42 Å². The predicted octanol–water partition coefficient (Wildman–Crippen LogP) is 3.73. The summed E-state index contributed by atoms with van der Waals surface area (Å²) in [5.41, 5.74) is 0.900. The van der Waals surface area contributed by atoms with E-state index in [9.17, 15) is 0 Å². The number of nitrogens with one attached hydrogen (secondary N) is 2. The van der Waals surface area contributed by atoms with Gasteiger partial charge in [-0.3, -0.25) is 14.3 Å². The molecule has 0 bridgehead atoms. The van der Waals surface area contributed by atoms with Gasteiger partial charge in [0.05, 0.1) is 12.6 Å². The molecule has 1 aliphatic heterocycles. The molecule has 2 N–H and O–H groups in total. The summed E-state index contributed by atoms with van der Waals surface area (Å²) < 4.78 is 2.06. The summed E-state index contributed by atoms with van der Waals surface area (Å²) in [4.78, 5) is 8.92. The number of aliphatic imine (C=N–C) groups is 1. The van der Waals surface area contributed by atoms with Gasteiger partial charge in [-0.1, -0.05) is 12.1 Å². The molecule has 3 aromatic rings. The molecule has 1 fully saturated rings. The zero-order valence-electron chi connectivity index (χ0n) is 18.0. The summed E-state index contributed by atoms with van der Waals surface area (Å²) in [6, 6.07) is 10.7. The highest BCUT2D eigenvalue weighted by Crippen LogP contribution is 2.28. The van der Waals surface area contributed by atoms with Gasteiger partial charge in [0.2, 0.25) is 0 Å². The average Bonchev–Trinajstić information content (AvgIpc) is 3.54. The van der Waals surface area contributed by atoms with Crippen LogP contribution in [0.1, 0.15) is 42.9 Å². The smallest absolute Gasteiger partial charge is 0.191 e. The van der Waals surface area contributed by atoms with Crippen molar-refractivity contribution in [2.24, 2.45) is 4.99 Å². The van der Waals surface area contributed by atoms with E-state index in [0.29, 0.717) is 6.04 Å². The third-order valence-corrected chi connectivity index (χ3v) is 6.45. The van der Waals surface area contributed by atoms with E-state index in [1.807, 2.05) is 35.7 Å². The summed E-state index contributed by atoms with van der Waals surface area (Å²) in [5, 5.41) is 17.6. The first-order valence-electron chi connectivity index (χ1n) is 10.9. The van der Waals surface area contributed by atoms with Crippen molar-refractivity contribution < 1.29 is 0 Å². The van der Waals surface area contributed by atoms with Crippen LogP contribution in [-0.4, -0.2) is 58.2 Å². The Bertz CT molecular complexity index is 934. The van der Waals surface area contributed by atoms with Crippen molar-refractivity contribution in [3.05, 3.63) is 52.6 Å². The van der Waals surface area contributed by atoms with Crippen molar-refractivity contribution in [3.63, 3.8) is 0 Å². The number of hydrogen-bond donors (Lipinski definition) is 2. The zero-order valence-corrected chi connectivity index (χ0v) is 21.2. The molecule has 1 unspecified atom stereocenters. The second-order valence-electron chi connectivity index (χ2n) is 7.57.